The van der Waals surface area contributed by atoms with Gasteiger partial charge in [0.25, 0.3) is 0 Å². The number of rotatable bonds is 4. The third-order valence-electron chi connectivity index (χ3n) is 2.05. The number of H-pyrrole nitrogens is 2. The van der Waals surface area contributed by atoms with Crippen molar-refractivity contribution < 1.29 is 67.6 Å². The van der Waals surface area contributed by atoms with Gasteiger partial charge in [0.1, 0.15) is 11.4 Å². The molecule has 0 aliphatic carbocycles. The number of aromatic amines is 2. The Bertz CT molecular complexity index is 620. The van der Waals surface area contributed by atoms with Crippen LogP contribution in [0.4, 0.5) is 0 Å². The fraction of sp³-hybridized carbons (Fsp3) is 0. The maximum Gasteiger partial charge on any atom is 0.356 e. The van der Waals surface area contributed by atoms with E-state index in [0.717, 1.165) is 12.1 Å². The van der Waals surface area contributed by atoms with Gasteiger partial charge in [0.2, 0.25) is 0 Å². The number of hydrogen-bond donors (Lipinski definition) is 6. The van der Waals surface area contributed by atoms with E-state index < -0.39 is 23.9 Å². The molecule has 1 radical (unpaired) electrons. The Hall–Kier alpha value is -3.26. The second-order valence-corrected chi connectivity index (χ2v) is 3.55. The number of nitrogens with one attached hydrogen (secondary N) is 2. The number of carboxylic acid groups (broad SMARTS) is 4. The molecule has 2 heterocycles. The third kappa shape index (κ3) is 7.71. The van der Waals surface area contributed by atoms with Crippen LogP contribution in [0.5, 0.6) is 0 Å². The van der Waals surface area contributed by atoms with Crippen LogP contribution < -0.4 is 0 Å². The van der Waals surface area contributed by atoms with E-state index in [1.165, 1.54) is 0 Å². The first-order valence-corrected chi connectivity index (χ1v) is 5.26. The molecule has 0 fully saturated rings. The van der Waals surface area contributed by atoms with Gasteiger partial charge in [-0.1, -0.05) is 0 Å². The molecular formula is C10H14CuN4O10+2. The summed E-state index contributed by atoms with van der Waals surface area (Å²) in [5, 5.41) is 43.8. The van der Waals surface area contributed by atoms with Gasteiger partial charge < -0.3 is 31.4 Å². The van der Waals surface area contributed by atoms with Gasteiger partial charge >= 0.3 is 23.9 Å². The van der Waals surface area contributed by atoms with Crippen LogP contribution in [0.2, 0.25) is 0 Å². The van der Waals surface area contributed by atoms with Crippen LogP contribution in [0.15, 0.2) is 12.1 Å². The summed E-state index contributed by atoms with van der Waals surface area (Å²) in [7, 11) is 0. The molecule has 0 amide bonds. The quantitative estimate of drug-likeness (QED) is 0.231. The van der Waals surface area contributed by atoms with Gasteiger partial charge in [-0.2, -0.15) is 10.2 Å². The molecule has 0 unspecified atom stereocenters. The van der Waals surface area contributed by atoms with Crippen LogP contribution in [0.3, 0.4) is 0 Å². The molecule has 0 saturated heterocycles. The summed E-state index contributed by atoms with van der Waals surface area (Å²) in [6, 6.07) is 1.90. The summed E-state index contributed by atoms with van der Waals surface area (Å²) in [6.07, 6.45) is 0. The van der Waals surface area contributed by atoms with Crippen LogP contribution in [-0.4, -0.2) is 64.7 Å². The van der Waals surface area contributed by atoms with E-state index in [-0.39, 0.29) is 50.8 Å². The third-order valence-corrected chi connectivity index (χ3v) is 2.05. The Labute approximate surface area is 147 Å². The van der Waals surface area contributed by atoms with E-state index >= 15 is 0 Å². The fourth-order valence-electron chi connectivity index (χ4n) is 1.08. The number of aromatic nitrogens is 4. The van der Waals surface area contributed by atoms with E-state index in [9.17, 15) is 19.2 Å². The summed E-state index contributed by atoms with van der Waals surface area (Å²) in [5.74, 6) is -4.97. The minimum Gasteiger partial charge on any atom is -0.477 e. The van der Waals surface area contributed by atoms with Crippen molar-refractivity contribution in [2.75, 3.05) is 0 Å². The van der Waals surface area contributed by atoms with Crippen molar-refractivity contribution >= 4 is 23.9 Å². The molecule has 0 saturated carbocycles. The van der Waals surface area contributed by atoms with Crippen molar-refractivity contribution in [2.24, 2.45) is 0 Å². The van der Waals surface area contributed by atoms with Crippen molar-refractivity contribution in [1.82, 2.24) is 20.4 Å². The number of hydrogen-bond acceptors (Lipinski definition) is 6. The molecule has 15 heteroatoms. The molecule has 0 aliphatic rings. The predicted octanol–water partition coefficient (Wildman–Crippen LogP) is -2.23. The maximum atomic E-state index is 10.2. The van der Waals surface area contributed by atoms with Gasteiger partial charge in [0.05, 0.1) is 0 Å². The van der Waals surface area contributed by atoms with Gasteiger partial charge in [0.15, 0.2) is 11.4 Å². The normalized spacial score (nSPS) is 8.32. The van der Waals surface area contributed by atoms with Crippen LogP contribution in [0.25, 0.3) is 0 Å². The van der Waals surface area contributed by atoms with Gasteiger partial charge in [-0.05, 0) is 0 Å². The average Bonchev–Trinajstić information content (AvgIpc) is 3.09. The minimum atomic E-state index is -1.26. The molecule has 2 aromatic heterocycles. The van der Waals surface area contributed by atoms with Gasteiger partial charge in [-0.25, -0.2) is 19.2 Å². The van der Waals surface area contributed by atoms with E-state index in [4.69, 9.17) is 20.4 Å². The molecule has 2 rings (SSSR count). The molecule has 143 valence electrons. The standard InChI is InChI=1S/2C5H4N2O4.Cu.2H2O/c2*8-4(9)2-1-3(5(10)11)7-6-2;;;/h2*1H,(H,6,7)(H,8,9)(H,10,11);;2*1H2/p+2. The second-order valence-electron chi connectivity index (χ2n) is 3.55. The molecule has 25 heavy (non-hydrogen) atoms. The molecule has 0 spiro atoms. The van der Waals surface area contributed by atoms with Gasteiger partial charge in [0, 0.05) is 29.2 Å². The largest absolute Gasteiger partial charge is 0.477 e. The molecule has 0 atom stereocenters. The van der Waals surface area contributed by atoms with Crippen LogP contribution in [0.1, 0.15) is 42.0 Å². The van der Waals surface area contributed by atoms with Crippen LogP contribution >= 0.6 is 0 Å². The molecule has 12 N–H and O–H groups in total. The van der Waals surface area contributed by atoms with Crippen molar-refractivity contribution in [3.05, 3.63) is 34.9 Å². The van der Waals surface area contributed by atoms with Gasteiger partial charge in [-0.3, -0.25) is 10.2 Å². The zero-order chi connectivity index (χ0) is 16.9. The number of carboxylic acids is 4. The van der Waals surface area contributed by atoms with Gasteiger partial charge in [-0.15, -0.1) is 0 Å². The summed E-state index contributed by atoms with van der Waals surface area (Å²) in [4.78, 5) is 40.7. The second kappa shape index (κ2) is 11.3. The first-order chi connectivity index (χ1) is 10.2. The molecule has 0 aliphatic heterocycles. The van der Waals surface area contributed by atoms with Crippen molar-refractivity contribution in [3.63, 3.8) is 0 Å². The monoisotopic (exact) mass is 413 g/mol. The van der Waals surface area contributed by atoms with E-state index in [1.54, 1.807) is 0 Å². The van der Waals surface area contributed by atoms with Crippen LogP contribution in [-0.2, 0) is 28.0 Å². The number of nitrogens with zero attached hydrogens (tertiary/aromatic N) is 2. The Morgan fingerprint density at radius 3 is 1.08 bits per heavy atom. The molecule has 0 bridgehead atoms. The van der Waals surface area contributed by atoms with Crippen molar-refractivity contribution in [2.45, 2.75) is 0 Å². The number of aromatic carboxylic acids is 4. The molecular weight excluding hydrogens is 400 g/mol. The SMILES string of the molecule is O=C(O)c1cc(C(=O)O)[nH]n1.O=C(O)c1cc(C(=O)O)[nH]n1.[Cu].[OH3+].[OH3+]. The van der Waals surface area contributed by atoms with E-state index in [2.05, 4.69) is 20.4 Å². The summed E-state index contributed by atoms with van der Waals surface area (Å²) < 4.78 is 0. The molecule has 0 aromatic carbocycles. The van der Waals surface area contributed by atoms with E-state index in [1.807, 2.05) is 0 Å². The van der Waals surface area contributed by atoms with Crippen molar-refractivity contribution in [3.8, 4) is 0 Å². The first-order valence-electron chi connectivity index (χ1n) is 5.26. The topological polar surface area (TPSA) is 273 Å². The summed E-state index contributed by atoms with van der Waals surface area (Å²) >= 11 is 0. The first kappa shape index (κ1) is 26.6. The Morgan fingerprint density at radius 1 is 0.680 bits per heavy atom. The zero-order valence-electron chi connectivity index (χ0n) is 11.9. The Kier molecular flexibility index (Phi) is 12.0. The minimum absolute atomic E-state index is 0. The van der Waals surface area contributed by atoms with E-state index in [0.29, 0.717) is 0 Å². The summed E-state index contributed by atoms with van der Waals surface area (Å²) in [5.41, 5.74) is -1.07. The predicted molar refractivity (Wildman–Crippen MR) is 74.8 cm³/mol. The molecule has 2 aromatic rings. The van der Waals surface area contributed by atoms with Crippen LogP contribution in [0, 0.1) is 0 Å². The molecule has 14 nitrogen and oxygen atoms in total. The average molecular weight is 414 g/mol. The Morgan fingerprint density at radius 2 is 0.960 bits per heavy atom. The maximum absolute atomic E-state index is 10.2. The smallest absolute Gasteiger partial charge is 0.356 e. The zero-order valence-corrected chi connectivity index (χ0v) is 12.9. The van der Waals surface area contributed by atoms with Crippen molar-refractivity contribution in [1.29, 1.82) is 0 Å². The number of carbonyl (C=O) groups is 4. The fourth-order valence-corrected chi connectivity index (χ4v) is 1.08. The summed E-state index contributed by atoms with van der Waals surface area (Å²) in [6.45, 7) is 0. The Balaban J connectivity index is -0.000000346.